The molecule has 0 atom stereocenters. The average Bonchev–Trinajstić information content (AvgIpc) is 2.60. The van der Waals surface area contributed by atoms with Gasteiger partial charge in [0.15, 0.2) is 13.2 Å². The molecule has 0 aliphatic heterocycles. The first-order chi connectivity index (χ1) is 11.9. The average molecular weight is 346 g/mol. The van der Waals surface area contributed by atoms with Gasteiger partial charge in [0.1, 0.15) is 17.3 Å². The summed E-state index contributed by atoms with van der Waals surface area (Å²) in [5, 5.41) is 0. The van der Waals surface area contributed by atoms with E-state index in [0.29, 0.717) is 11.5 Å². The van der Waals surface area contributed by atoms with Crippen molar-refractivity contribution >= 4 is 11.8 Å². The minimum absolute atomic E-state index is 0.233. The van der Waals surface area contributed by atoms with E-state index in [-0.39, 0.29) is 13.2 Å². The molecule has 2 rings (SSSR count). The summed E-state index contributed by atoms with van der Waals surface area (Å²) in [6.45, 7) is 3.25. The Bertz CT molecular complexity index is 747. The fraction of sp³-hybridized carbons (Fsp3) is 0.222. The molecule has 25 heavy (non-hydrogen) atoms. The minimum atomic E-state index is -0.551. The Labute approximate surface area is 144 Å². The van der Waals surface area contributed by atoms with E-state index in [2.05, 4.69) is 10.9 Å². The van der Waals surface area contributed by atoms with Crippen LogP contribution in [0.4, 0.5) is 4.39 Å². The second-order valence-corrected chi connectivity index (χ2v) is 5.40. The lowest BCUT2D eigenvalue weighted by Crippen LogP contribution is -2.45. The lowest BCUT2D eigenvalue weighted by atomic mass is 10.1. The van der Waals surface area contributed by atoms with Crippen LogP contribution in [-0.4, -0.2) is 25.0 Å². The Morgan fingerprint density at radius 2 is 1.52 bits per heavy atom. The lowest BCUT2D eigenvalue weighted by Gasteiger charge is -2.11. The first-order valence-corrected chi connectivity index (χ1v) is 7.60. The summed E-state index contributed by atoms with van der Waals surface area (Å²) in [6, 6.07) is 10.9. The van der Waals surface area contributed by atoms with Crippen LogP contribution in [0.3, 0.4) is 0 Å². The van der Waals surface area contributed by atoms with Gasteiger partial charge in [-0.3, -0.25) is 20.4 Å². The van der Waals surface area contributed by atoms with E-state index in [0.717, 1.165) is 11.1 Å². The predicted molar refractivity (Wildman–Crippen MR) is 89.6 cm³/mol. The number of nitrogens with one attached hydrogen (secondary N) is 2. The van der Waals surface area contributed by atoms with Crippen molar-refractivity contribution in [3.63, 3.8) is 0 Å². The molecular weight excluding hydrogens is 327 g/mol. The molecule has 0 heterocycles. The third-order valence-electron chi connectivity index (χ3n) is 3.23. The molecule has 2 amide bonds. The van der Waals surface area contributed by atoms with Crippen molar-refractivity contribution in [2.24, 2.45) is 0 Å². The Balaban J connectivity index is 1.69. The standard InChI is InChI=1S/C18H19FN2O4/c1-12-3-4-13(2)16(9-12)25-11-18(23)21-20-17(22)10-24-15-7-5-14(19)6-8-15/h3-9H,10-11H2,1-2H3,(H,20,22)(H,21,23). The van der Waals surface area contributed by atoms with Crippen molar-refractivity contribution in [2.75, 3.05) is 13.2 Å². The maximum absolute atomic E-state index is 12.7. The first kappa shape index (κ1) is 18.3. The summed E-state index contributed by atoms with van der Waals surface area (Å²) in [5.41, 5.74) is 6.37. The van der Waals surface area contributed by atoms with Crippen LogP contribution in [-0.2, 0) is 9.59 Å². The normalized spacial score (nSPS) is 10.0. The number of hydrogen-bond acceptors (Lipinski definition) is 4. The molecule has 0 fully saturated rings. The van der Waals surface area contributed by atoms with Crippen LogP contribution < -0.4 is 20.3 Å². The zero-order valence-corrected chi connectivity index (χ0v) is 14.0. The van der Waals surface area contributed by atoms with E-state index in [4.69, 9.17) is 9.47 Å². The maximum atomic E-state index is 12.7. The van der Waals surface area contributed by atoms with Crippen molar-refractivity contribution in [1.82, 2.24) is 10.9 Å². The number of carbonyl (C=O) groups excluding carboxylic acids is 2. The van der Waals surface area contributed by atoms with Crippen LogP contribution in [0.1, 0.15) is 11.1 Å². The van der Waals surface area contributed by atoms with E-state index in [9.17, 15) is 14.0 Å². The number of hydrogen-bond donors (Lipinski definition) is 2. The van der Waals surface area contributed by atoms with Crippen LogP contribution in [0.5, 0.6) is 11.5 Å². The van der Waals surface area contributed by atoms with Gasteiger partial charge in [-0.25, -0.2) is 4.39 Å². The van der Waals surface area contributed by atoms with Crippen molar-refractivity contribution < 1.29 is 23.5 Å². The second-order valence-electron chi connectivity index (χ2n) is 5.40. The van der Waals surface area contributed by atoms with E-state index in [1.165, 1.54) is 24.3 Å². The van der Waals surface area contributed by atoms with Gasteiger partial charge in [0.05, 0.1) is 0 Å². The molecule has 2 aromatic rings. The molecule has 0 saturated carbocycles. The van der Waals surface area contributed by atoms with E-state index < -0.39 is 17.6 Å². The molecule has 0 aromatic heterocycles. The summed E-state index contributed by atoms with van der Waals surface area (Å²) in [4.78, 5) is 23.3. The number of halogens is 1. The van der Waals surface area contributed by atoms with Gasteiger partial charge < -0.3 is 9.47 Å². The lowest BCUT2D eigenvalue weighted by molar-refractivity contribution is -0.131. The quantitative estimate of drug-likeness (QED) is 0.785. The molecule has 2 N–H and O–H groups in total. The van der Waals surface area contributed by atoms with Gasteiger partial charge in [-0.1, -0.05) is 12.1 Å². The molecule has 0 bridgehead atoms. The van der Waals surface area contributed by atoms with Gasteiger partial charge in [0.2, 0.25) is 0 Å². The molecule has 0 aliphatic carbocycles. The Hall–Kier alpha value is -3.09. The van der Waals surface area contributed by atoms with Crippen LogP contribution in [0, 0.1) is 19.7 Å². The van der Waals surface area contributed by atoms with Gasteiger partial charge in [-0.05, 0) is 55.3 Å². The number of carbonyl (C=O) groups is 2. The summed E-state index contributed by atoms with van der Waals surface area (Å²) < 4.78 is 23.3. The van der Waals surface area contributed by atoms with Crippen molar-refractivity contribution in [1.29, 1.82) is 0 Å². The Morgan fingerprint density at radius 1 is 0.920 bits per heavy atom. The van der Waals surface area contributed by atoms with Crippen LogP contribution in [0.2, 0.25) is 0 Å². The zero-order valence-electron chi connectivity index (χ0n) is 14.0. The van der Waals surface area contributed by atoms with Gasteiger partial charge in [-0.2, -0.15) is 0 Å². The topological polar surface area (TPSA) is 76.7 Å². The molecule has 0 aliphatic rings. The van der Waals surface area contributed by atoms with Crippen molar-refractivity contribution in [3.8, 4) is 11.5 Å². The first-order valence-electron chi connectivity index (χ1n) is 7.60. The van der Waals surface area contributed by atoms with Gasteiger partial charge in [0, 0.05) is 0 Å². The van der Waals surface area contributed by atoms with Gasteiger partial charge in [-0.15, -0.1) is 0 Å². The fourth-order valence-corrected chi connectivity index (χ4v) is 1.90. The molecule has 0 radical (unpaired) electrons. The Morgan fingerprint density at radius 3 is 2.16 bits per heavy atom. The van der Waals surface area contributed by atoms with Crippen molar-refractivity contribution in [2.45, 2.75) is 13.8 Å². The largest absolute Gasteiger partial charge is 0.484 e. The predicted octanol–water partition coefficient (Wildman–Crippen LogP) is 2.05. The van der Waals surface area contributed by atoms with E-state index in [1.807, 2.05) is 32.0 Å². The summed E-state index contributed by atoms with van der Waals surface area (Å²) >= 11 is 0. The summed E-state index contributed by atoms with van der Waals surface area (Å²) in [7, 11) is 0. The third-order valence-corrected chi connectivity index (χ3v) is 3.23. The highest BCUT2D eigenvalue weighted by Crippen LogP contribution is 2.18. The molecular formula is C18H19FN2O4. The highest BCUT2D eigenvalue weighted by molar-refractivity contribution is 5.83. The molecule has 2 aromatic carbocycles. The third kappa shape index (κ3) is 6.14. The monoisotopic (exact) mass is 346 g/mol. The van der Waals surface area contributed by atoms with Crippen LogP contribution >= 0.6 is 0 Å². The molecule has 0 unspecified atom stereocenters. The van der Waals surface area contributed by atoms with E-state index in [1.54, 1.807) is 0 Å². The molecule has 132 valence electrons. The van der Waals surface area contributed by atoms with Gasteiger partial charge in [0.25, 0.3) is 11.8 Å². The fourth-order valence-electron chi connectivity index (χ4n) is 1.90. The second kappa shape index (κ2) is 8.68. The van der Waals surface area contributed by atoms with Crippen LogP contribution in [0.25, 0.3) is 0 Å². The highest BCUT2D eigenvalue weighted by atomic mass is 19.1. The van der Waals surface area contributed by atoms with Crippen LogP contribution in [0.15, 0.2) is 42.5 Å². The number of benzene rings is 2. The van der Waals surface area contributed by atoms with Gasteiger partial charge >= 0.3 is 0 Å². The highest BCUT2D eigenvalue weighted by Gasteiger charge is 2.08. The zero-order chi connectivity index (χ0) is 18.2. The number of aryl methyl sites for hydroxylation is 2. The van der Waals surface area contributed by atoms with E-state index >= 15 is 0 Å². The molecule has 0 spiro atoms. The number of amides is 2. The number of hydrazine groups is 1. The molecule has 0 saturated heterocycles. The number of rotatable bonds is 6. The summed E-state index contributed by atoms with van der Waals surface area (Å²) in [5.74, 6) is -0.490. The molecule has 7 heteroatoms. The molecule has 6 nitrogen and oxygen atoms in total. The minimum Gasteiger partial charge on any atom is -0.484 e. The van der Waals surface area contributed by atoms with Crippen molar-refractivity contribution in [3.05, 3.63) is 59.4 Å². The Kier molecular flexibility index (Phi) is 6.33. The SMILES string of the molecule is Cc1ccc(C)c(OCC(=O)NNC(=O)COc2ccc(F)cc2)c1. The maximum Gasteiger partial charge on any atom is 0.276 e. The number of ether oxygens (including phenoxy) is 2. The smallest absolute Gasteiger partial charge is 0.276 e. The summed E-state index contributed by atoms with van der Waals surface area (Å²) in [6.07, 6.45) is 0.